The van der Waals surface area contributed by atoms with Crippen LogP contribution in [0.2, 0.25) is 18.1 Å². The molecule has 2 aliphatic heterocycles. The zero-order chi connectivity index (χ0) is 49.5. The molecule has 3 amide bonds. The van der Waals surface area contributed by atoms with Gasteiger partial charge in [-0.25, -0.2) is 18.1 Å². The molecule has 370 valence electrons. The molecule has 5 aromatic rings. The summed E-state index contributed by atoms with van der Waals surface area (Å²) in [5.41, 5.74) is 3.08. The van der Waals surface area contributed by atoms with E-state index in [4.69, 9.17) is 9.41 Å². The van der Waals surface area contributed by atoms with Crippen LogP contribution in [-0.2, 0) is 34.0 Å². The standard InChI is InChI=1S/C54H73N7O6SSi/c1-9-11-27-59(28-12-10-2)53(64)49-38-60(29-17-26-58-32-30-57(6)31-33-58)50(55-49)47-25-23-43(51(62)56-68(65,66)46-24-22-40-18-13-14-20-42(40)35-46)36-48(47)52(63)61-37-44-21-16-15-19-41(44)34-45(61)39-67-69(7,8)54(3,4)5/h13-16,18-25,35-36,38,45H,9-12,17,26-34,37,39H2,1-8H3,(H,56,62). The normalized spacial score (nSPS) is 16.1. The highest BCUT2D eigenvalue weighted by molar-refractivity contribution is 7.90. The van der Waals surface area contributed by atoms with E-state index >= 15 is 4.79 Å². The Morgan fingerprint density at radius 2 is 1.49 bits per heavy atom. The second-order valence-corrected chi connectivity index (χ2v) is 27.0. The number of rotatable bonds is 19. The number of sulfonamides is 1. The second-order valence-electron chi connectivity index (χ2n) is 20.5. The molecule has 0 bridgehead atoms. The van der Waals surface area contributed by atoms with Crippen LogP contribution in [0, 0.1) is 0 Å². The number of fused-ring (bicyclic) bond motifs is 2. The molecule has 7 rings (SSSR count). The van der Waals surface area contributed by atoms with Crippen LogP contribution >= 0.6 is 0 Å². The SMILES string of the molecule is CCCCN(CCCC)C(=O)c1cn(CCCN2CCN(C)CC2)c(-c2ccc(C(=O)NS(=O)(=O)c3ccc4ccccc4c3)cc2C(=O)N2Cc3ccccc3CC2CO[Si](C)(C)C(C)(C)C)n1. The van der Waals surface area contributed by atoms with E-state index in [9.17, 15) is 18.0 Å². The molecule has 1 fully saturated rings. The van der Waals surface area contributed by atoms with Crippen LogP contribution in [0.5, 0.6) is 0 Å². The van der Waals surface area contributed by atoms with Gasteiger partial charge in [-0.2, -0.15) is 0 Å². The van der Waals surface area contributed by atoms with Crippen molar-refractivity contribution in [3.05, 3.63) is 119 Å². The number of hydrogen-bond donors (Lipinski definition) is 1. The number of aromatic nitrogens is 2. The summed E-state index contributed by atoms with van der Waals surface area (Å²) in [7, 11) is -4.43. The van der Waals surface area contributed by atoms with Gasteiger partial charge in [0, 0.05) is 69.7 Å². The lowest BCUT2D eigenvalue weighted by Crippen LogP contribution is -2.50. The minimum Gasteiger partial charge on any atom is -0.415 e. The molecule has 2 aliphatic rings. The summed E-state index contributed by atoms with van der Waals surface area (Å²) in [4.78, 5) is 58.0. The number of carbonyl (C=O) groups excluding carboxylic acids is 3. The van der Waals surface area contributed by atoms with Crippen molar-refractivity contribution in [2.75, 3.05) is 59.5 Å². The van der Waals surface area contributed by atoms with E-state index < -0.39 is 24.2 Å². The molecule has 13 nitrogen and oxygen atoms in total. The molecule has 1 aromatic heterocycles. The summed E-state index contributed by atoms with van der Waals surface area (Å²) in [5, 5.41) is 1.53. The molecule has 1 atom stereocenters. The summed E-state index contributed by atoms with van der Waals surface area (Å²) in [5.74, 6) is -0.940. The number of carbonyl (C=O) groups is 3. The highest BCUT2D eigenvalue weighted by Crippen LogP contribution is 2.38. The number of piperazine rings is 1. The molecule has 0 radical (unpaired) electrons. The molecular formula is C54H73N7O6SSi. The fourth-order valence-corrected chi connectivity index (χ4v) is 10.9. The van der Waals surface area contributed by atoms with Crippen LogP contribution in [0.3, 0.4) is 0 Å². The molecule has 15 heteroatoms. The van der Waals surface area contributed by atoms with E-state index in [1.54, 1.807) is 18.2 Å². The fraction of sp³-hybridized carbons (Fsp3) is 0.481. The first kappa shape index (κ1) is 51.7. The van der Waals surface area contributed by atoms with Gasteiger partial charge in [0.1, 0.15) is 11.5 Å². The van der Waals surface area contributed by atoms with Crippen molar-refractivity contribution in [1.29, 1.82) is 0 Å². The fourth-order valence-electron chi connectivity index (χ4n) is 8.90. The Hall–Kier alpha value is -5.19. The first-order valence-electron chi connectivity index (χ1n) is 24.9. The molecule has 0 saturated carbocycles. The monoisotopic (exact) mass is 976 g/mol. The van der Waals surface area contributed by atoms with Gasteiger partial charge < -0.3 is 28.6 Å². The van der Waals surface area contributed by atoms with E-state index in [-0.39, 0.29) is 38.9 Å². The Morgan fingerprint density at radius 1 is 0.826 bits per heavy atom. The van der Waals surface area contributed by atoms with Gasteiger partial charge >= 0.3 is 0 Å². The molecule has 69 heavy (non-hydrogen) atoms. The number of hydrogen-bond acceptors (Lipinski definition) is 9. The van der Waals surface area contributed by atoms with E-state index in [1.165, 1.54) is 18.2 Å². The highest BCUT2D eigenvalue weighted by atomic mass is 32.2. The molecule has 1 saturated heterocycles. The Balaban J connectivity index is 1.32. The average Bonchev–Trinajstić information content (AvgIpc) is 3.76. The number of imidazole rings is 1. The van der Waals surface area contributed by atoms with Crippen LogP contribution in [0.25, 0.3) is 22.2 Å². The van der Waals surface area contributed by atoms with Gasteiger partial charge in [0.25, 0.3) is 27.7 Å². The van der Waals surface area contributed by atoms with Crippen molar-refractivity contribution in [2.45, 2.75) is 115 Å². The van der Waals surface area contributed by atoms with Gasteiger partial charge in [-0.1, -0.05) is 102 Å². The van der Waals surface area contributed by atoms with E-state index in [0.29, 0.717) is 56.3 Å². The zero-order valence-corrected chi connectivity index (χ0v) is 43.9. The van der Waals surface area contributed by atoms with Crippen molar-refractivity contribution in [1.82, 2.24) is 33.9 Å². The number of nitrogens with zero attached hydrogens (tertiary/aromatic N) is 6. The molecular weight excluding hydrogens is 903 g/mol. The molecule has 1 unspecified atom stereocenters. The smallest absolute Gasteiger partial charge is 0.274 e. The van der Waals surface area contributed by atoms with E-state index in [2.05, 4.69) is 75.3 Å². The third-order valence-electron chi connectivity index (χ3n) is 14.4. The molecule has 4 aromatic carbocycles. The predicted molar refractivity (Wildman–Crippen MR) is 277 cm³/mol. The van der Waals surface area contributed by atoms with Crippen molar-refractivity contribution >= 4 is 46.8 Å². The summed E-state index contributed by atoms with van der Waals surface area (Å²) in [6, 6.07) is 24.7. The number of aryl methyl sites for hydroxylation is 1. The Labute approximate surface area is 411 Å². The van der Waals surface area contributed by atoms with Gasteiger partial charge in [0.2, 0.25) is 0 Å². The van der Waals surface area contributed by atoms with E-state index in [1.807, 2.05) is 63.0 Å². The third kappa shape index (κ3) is 12.4. The van der Waals surface area contributed by atoms with Crippen LogP contribution in [0.1, 0.15) is 109 Å². The predicted octanol–water partition coefficient (Wildman–Crippen LogP) is 9.09. The minimum absolute atomic E-state index is 0.00674. The van der Waals surface area contributed by atoms with Gasteiger partial charge in [-0.3, -0.25) is 14.4 Å². The molecule has 3 heterocycles. The Morgan fingerprint density at radius 3 is 2.17 bits per heavy atom. The lowest BCUT2D eigenvalue weighted by Gasteiger charge is -2.41. The zero-order valence-electron chi connectivity index (χ0n) is 42.1. The lowest BCUT2D eigenvalue weighted by molar-refractivity contribution is 0.0555. The van der Waals surface area contributed by atoms with Crippen LogP contribution in [0.15, 0.2) is 96.0 Å². The lowest BCUT2D eigenvalue weighted by atomic mass is 9.92. The van der Waals surface area contributed by atoms with Gasteiger partial charge in [0.15, 0.2) is 8.32 Å². The van der Waals surface area contributed by atoms with Crippen LogP contribution < -0.4 is 4.72 Å². The number of unbranched alkanes of at least 4 members (excludes halogenated alkanes) is 2. The third-order valence-corrected chi connectivity index (χ3v) is 20.2. The molecule has 1 N–H and O–H groups in total. The minimum atomic E-state index is -4.32. The highest BCUT2D eigenvalue weighted by Gasteiger charge is 2.40. The first-order valence-corrected chi connectivity index (χ1v) is 29.3. The molecule has 0 spiro atoms. The summed E-state index contributed by atoms with van der Waals surface area (Å²) in [6.07, 6.45) is 6.80. The number of nitrogens with one attached hydrogen (secondary N) is 1. The number of likely N-dealkylation sites (N-methyl/N-ethyl adjacent to an activating group) is 1. The Kier molecular flexibility index (Phi) is 16.7. The first-order chi connectivity index (χ1) is 32.9. The van der Waals surface area contributed by atoms with Gasteiger partial charge in [-0.15, -0.1) is 0 Å². The topological polar surface area (TPSA) is 137 Å². The maximum atomic E-state index is 15.7. The van der Waals surface area contributed by atoms with Crippen molar-refractivity contribution < 1.29 is 27.2 Å². The number of amides is 3. The average molecular weight is 976 g/mol. The quantitative estimate of drug-likeness (QED) is 0.0804. The van der Waals surface area contributed by atoms with E-state index in [0.717, 1.165) is 86.7 Å². The number of benzene rings is 4. The second kappa shape index (κ2) is 22.3. The van der Waals surface area contributed by atoms with Crippen molar-refractivity contribution in [3.8, 4) is 11.4 Å². The largest absolute Gasteiger partial charge is 0.415 e. The van der Waals surface area contributed by atoms with Crippen molar-refractivity contribution in [2.24, 2.45) is 0 Å². The maximum Gasteiger partial charge on any atom is 0.274 e. The van der Waals surface area contributed by atoms with Gasteiger partial charge in [-0.05, 0) is 110 Å². The van der Waals surface area contributed by atoms with Crippen LogP contribution in [0.4, 0.5) is 0 Å². The van der Waals surface area contributed by atoms with Crippen LogP contribution in [-0.4, -0.2) is 129 Å². The van der Waals surface area contributed by atoms with Crippen molar-refractivity contribution in [3.63, 3.8) is 0 Å². The summed E-state index contributed by atoms with van der Waals surface area (Å²) in [6.45, 7) is 22.4. The van der Waals surface area contributed by atoms with Gasteiger partial charge in [0.05, 0.1) is 23.1 Å². The summed E-state index contributed by atoms with van der Waals surface area (Å²) >= 11 is 0. The summed E-state index contributed by atoms with van der Waals surface area (Å²) < 4.78 is 38.8. The maximum absolute atomic E-state index is 15.7. The molecule has 0 aliphatic carbocycles. The Bertz CT molecular complexity index is 2720.